The molecule has 5 fully saturated rings. The Labute approximate surface area is 362 Å². The zero-order valence-corrected chi connectivity index (χ0v) is 36.8. The minimum atomic E-state index is -1.67. The number of hydrogen-bond donors (Lipinski definition) is 7. The van der Waals surface area contributed by atoms with Gasteiger partial charge < -0.3 is 40.4 Å². The Balaban J connectivity index is 1.16. The minimum Gasteiger partial charge on any atom is -0.465 e. The van der Waals surface area contributed by atoms with Crippen molar-refractivity contribution in [2.24, 2.45) is 75.9 Å². The van der Waals surface area contributed by atoms with Crippen molar-refractivity contribution >= 4 is 11.8 Å². The third-order valence-electron chi connectivity index (χ3n) is 19.0. The van der Waals surface area contributed by atoms with Crippen LogP contribution in [0.15, 0.2) is 41.8 Å². The van der Waals surface area contributed by atoms with Gasteiger partial charge >= 0.3 is 5.97 Å². The zero-order chi connectivity index (χ0) is 43.2. The van der Waals surface area contributed by atoms with Crippen molar-refractivity contribution in [3.05, 3.63) is 47.3 Å². The molecule has 19 atom stereocenters. The monoisotopic (exact) mass is 842 g/mol. The molecule has 0 aromatic carbocycles. The van der Waals surface area contributed by atoms with Crippen LogP contribution in [0.2, 0.25) is 0 Å². The third kappa shape index (κ3) is 6.88. The molecule has 334 valence electrons. The molecule has 19 unspecified atom stereocenters. The summed E-state index contributed by atoms with van der Waals surface area (Å²) in [5.41, 5.74) is -1.69. The molecule has 0 radical (unpaired) electrons. The van der Waals surface area contributed by atoms with E-state index in [1.54, 1.807) is 6.08 Å². The summed E-state index contributed by atoms with van der Waals surface area (Å²) >= 11 is 0. The molecule has 1 aliphatic heterocycles. The number of carbonyl (C=O) groups excluding carboxylic acids is 2. The van der Waals surface area contributed by atoms with Crippen LogP contribution in [0.1, 0.15) is 129 Å². The molecule has 1 saturated heterocycles. The van der Waals surface area contributed by atoms with Gasteiger partial charge in [-0.2, -0.15) is 0 Å². The minimum absolute atomic E-state index is 0.0258. The number of cyclic esters (lactones) is 1. The molecule has 8 aliphatic rings. The van der Waals surface area contributed by atoms with Gasteiger partial charge in [-0.15, -0.1) is 5.92 Å². The molecule has 7 aliphatic carbocycles. The number of allylic oxidation sites excluding steroid dienone is 3. The van der Waals surface area contributed by atoms with Crippen molar-refractivity contribution < 1.29 is 45.0 Å². The van der Waals surface area contributed by atoms with E-state index < -0.39 is 58.1 Å². The average Bonchev–Trinajstić information content (AvgIpc) is 3.94. The molecule has 61 heavy (non-hydrogen) atoms. The van der Waals surface area contributed by atoms with E-state index in [1.807, 2.05) is 32.3 Å². The first-order chi connectivity index (χ1) is 29.0. The van der Waals surface area contributed by atoms with Gasteiger partial charge in [0, 0.05) is 54.5 Å². The maximum absolute atomic E-state index is 14.1. The fourth-order valence-corrected chi connectivity index (χ4v) is 15.9. The highest BCUT2D eigenvalue weighted by molar-refractivity contribution is 5.95. The molecule has 1 aromatic heterocycles. The maximum atomic E-state index is 14.1. The lowest BCUT2D eigenvalue weighted by Gasteiger charge is -2.61. The van der Waals surface area contributed by atoms with E-state index in [4.69, 9.17) is 4.74 Å². The first kappa shape index (κ1) is 43.5. The number of aliphatic hydroxyl groups is 6. The van der Waals surface area contributed by atoms with Crippen molar-refractivity contribution in [3.63, 3.8) is 0 Å². The van der Waals surface area contributed by atoms with E-state index in [1.165, 1.54) is 12.0 Å². The number of aromatic nitrogens is 1. The van der Waals surface area contributed by atoms with E-state index in [0.717, 1.165) is 31.2 Å². The molecule has 2 heterocycles. The summed E-state index contributed by atoms with van der Waals surface area (Å²) in [5, 5.41) is 71.6. The number of esters is 1. The molecule has 10 nitrogen and oxygen atoms in total. The van der Waals surface area contributed by atoms with Crippen LogP contribution in [0, 0.1) is 87.8 Å². The summed E-state index contributed by atoms with van der Waals surface area (Å²) in [6.45, 7) is 8.80. The number of aliphatic hydroxyl groups excluding tert-OH is 4. The van der Waals surface area contributed by atoms with Gasteiger partial charge in [-0.3, -0.25) is 9.59 Å². The molecule has 0 bridgehead atoms. The van der Waals surface area contributed by atoms with E-state index >= 15 is 0 Å². The molecule has 9 rings (SSSR count). The Morgan fingerprint density at radius 2 is 1.75 bits per heavy atom. The Morgan fingerprint density at radius 3 is 2.51 bits per heavy atom. The first-order valence-corrected chi connectivity index (χ1v) is 23.9. The summed E-state index contributed by atoms with van der Waals surface area (Å²) in [6, 6.07) is 1.96. The summed E-state index contributed by atoms with van der Waals surface area (Å²) in [6.07, 6.45) is 12.8. The van der Waals surface area contributed by atoms with Crippen molar-refractivity contribution in [1.29, 1.82) is 0 Å². The van der Waals surface area contributed by atoms with Gasteiger partial charge in [-0.25, -0.2) is 0 Å². The fraction of sp³-hybridized carbons (Fsp3) is 0.765. The number of hydrogen-bond acceptors (Lipinski definition) is 9. The van der Waals surface area contributed by atoms with Crippen molar-refractivity contribution in [3.8, 4) is 11.8 Å². The lowest BCUT2D eigenvalue weighted by molar-refractivity contribution is -0.192. The second-order valence-corrected chi connectivity index (χ2v) is 22.1. The molecular formula is C51H71NO9. The summed E-state index contributed by atoms with van der Waals surface area (Å²) in [7, 11) is 0. The van der Waals surface area contributed by atoms with Crippen LogP contribution < -0.4 is 0 Å². The number of aromatic amines is 1. The normalized spacial score (nSPS) is 49.6. The first-order valence-electron chi connectivity index (χ1n) is 23.9. The third-order valence-corrected chi connectivity index (χ3v) is 19.0. The van der Waals surface area contributed by atoms with Gasteiger partial charge in [0.05, 0.1) is 42.0 Å². The molecule has 0 spiro atoms. The van der Waals surface area contributed by atoms with Crippen LogP contribution in [0.25, 0.3) is 0 Å². The fourth-order valence-electron chi connectivity index (χ4n) is 15.9. The lowest BCUT2D eigenvalue weighted by Crippen LogP contribution is -2.63. The van der Waals surface area contributed by atoms with E-state index in [2.05, 4.69) is 36.7 Å². The van der Waals surface area contributed by atoms with Crippen LogP contribution in [-0.2, 0) is 14.3 Å². The van der Waals surface area contributed by atoms with Crippen molar-refractivity contribution in [2.45, 2.75) is 153 Å². The summed E-state index contributed by atoms with van der Waals surface area (Å²) < 4.78 is 5.87. The molecular weight excluding hydrogens is 771 g/mol. The highest BCUT2D eigenvalue weighted by Gasteiger charge is 2.72. The number of H-pyrrole nitrogens is 1. The maximum Gasteiger partial charge on any atom is 0.313 e. The van der Waals surface area contributed by atoms with Gasteiger partial charge in [0.25, 0.3) is 0 Å². The van der Waals surface area contributed by atoms with Gasteiger partial charge in [0.2, 0.25) is 0 Å². The average molecular weight is 842 g/mol. The Kier molecular flexibility index (Phi) is 11.4. The Bertz CT molecular complexity index is 1970. The zero-order valence-electron chi connectivity index (χ0n) is 36.8. The van der Waals surface area contributed by atoms with Crippen LogP contribution >= 0.6 is 0 Å². The Hall–Kier alpha value is -2.78. The van der Waals surface area contributed by atoms with Crippen LogP contribution in [-0.4, -0.2) is 90.1 Å². The van der Waals surface area contributed by atoms with E-state index in [-0.39, 0.29) is 91.9 Å². The van der Waals surface area contributed by atoms with Crippen LogP contribution in [0.3, 0.4) is 0 Å². The van der Waals surface area contributed by atoms with E-state index in [9.17, 15) is 40.2 Å². The quantitative estimate of drug-likeness (QED) is 0.106. The standard InChI is InChI=1S/C51H71NO9/c1-28-9-10-30-11-12-34-29(2)20-44(57)50(59,15-6-18-53)46-32(8-5-7-31(21-36(34)35(30)19-28)37-27-61-47(58)45(37)33-14-17-52-26-33)24-51(60)39-22-41(54)40-23-42(55)43(56)25-48(40,3)38(39)13-16-49(46,51)4/h11,14,17,22,26,28-29,31-32,34-38,40,42-46,52-53,55-57,59-60H,6,8-10,12-13,15-16,18-21,23-25,27H2,1-4H3. The number of rotatable bonds is 5. The molecule has 10 heteroatoms. The Morgan fingerprint density at radius 1 is 0.951 bits per heavy atom. The van der Waals surface area contributed by atoms with Gasteiger partial charge in [0.15, 0.2) is 5.78 Å². The van der Waals surface area contributed by atoms with Gasteiger partial charge in [-0.1, -0.05) is 45.3 Å². The molecule has 0 amide bonds. The summed E-state index contributed by atoms with van der Waals surface area (Å²) in [4.78, 5) is 30.8. The van der Waals surface area contributed by atoms with Crippen LogP contribution in [0.5, 0.6) is 0 Å². The predicted octanol–water partition coefficient (Wildman–Crippen LogP) is 6.00. The van der Waals surface area contributed by atoms with Gasteiger partial charge in [-0.05, 0) is 154 Å². The smallest absolute Gasteiger partial charge is 0.313 e. The number of fused-ring (bicyclic) bond motifs is 10. The largest absolute Gasteiger partial charge is 0.465 e. The summed E-state index contributed by atoms with van der Waals surface area (Å²) in [5.74, 6) is 6.16. The number of carbonyl (C=O) groups is 2. The number of nitrogens with one attached hydrogen (secondary N) is 1. The van der Waals surface area contributed by atoms with Crippen LogP contribution in [0.4, 0.5) is 0 Å². The van der Waals surface area contributed by atoms with Crippen molar-refractivity contribution in [2.75, 3.05) is 13.2 Å². The topological polar surface area (TPSA) is 181 Å². The predicted molar refractivity (Wildman–Crippen MR) is 229 cm³/mol. The highest BCUT2D eigenvalue weighted by atomic mass is 16.5. The van der Waals surface area contributed by atoms with Crippen molar-refractivity contribution in [1.82, 2.24) is 4.98 Å². The SMILES string of the molecule is CC1CCC2=CCC3C(C)CC(O)C(O)(CCCO)C4C(CC#CC(C5COC(=O)C5c5cc[nH]c5)CC3C2C1)CC1(O)C2=CC(=O)C3CC(O)C(O)CC3(C)C2CCC41C. The second-order valence-electron chi connectivity index (χ2n) is 22.1. The number of ketones is 1. The molecule has 1 aromatic rings. The number of ether oxygens (including phenoxy) is 1. The molecule has 7 N–H and O–H groups in total. The lowest BCUT2D eigenvalue weighted by atomic mass is 9.45. The van der Waals surface area contributed by atoms with E-state index in [0.29, 0.717) is 49.7 Å². The molecule has 4 saturated carbocycles. The highest BCUT2D eigenvalue weighted by Crippen LogP contribution is 2.71. The second kappa shape index (κ2) is 16.0. The van der Waals surface area contributed by atoms with Gasteiger partial charge in [0.1, 0.15) is 0 Å².